The van der Waals surface area contributed by atoms with Crippen molar-refractivity contribution in [3.8, 4) is 11.4 Å². The molecule has 2 unspecified atom stereocenters. The van der Waals surface area contributed by atoms with Crippen molar-refractivity contribution in [3.63, 3.8) is 0 Å². The van der Waals surface area contributed by atoms with Crippen molar-refractivity contribution >= 4 is 23.2 Å². The van der Waals surface area contributed by atoms with E-state index < -0.39 is 6.23 Å². The molecule has 2 atom stereocenters. The molecule has 2 aromatic carbocycles. The Labute approximate surface area is 221 Å². The molecule has 3 aliphatic heterocycles. The summed E-state index contributed by atoms with van der Waals surface area (Å²) in [5, 5.41) is 4.78. The van der Waals surface area contributed by atoms with E-state index in [2.05, 4.69) is 4.90 Å². The van der Waals surface area contributed by atoms with Crippen molar-refractivity contribution < 1.29 is 19.1 Å². The summed E-state index contributed by atoms with van der Waals surface area (Å²) in [6.45, 7) is 2.90. The number of amides is 2. The highest BCUT2D eigenvalue weighted by molar-refractivity contribution is 6.08. The molecule has 198 valence electrons. The van der Waals surface area contributed by atoms with Gasteiger partial charge in [0.2, 0.25) is 5.91 Å². The van der Waals surface area contributed by atoms with Gasteiger partial charge in [0.25, 0.3) is 5.91 Å². The zero-order valence-electron chi connectivity index (χ0n) is 21.7. The quantitative estimate of drug-likeness (QED) is 0.481. The number of fused-ring (bicyclic) bond motifs is 1. The van der Waals surface area contributed by atoms with Gasteiger partial charge in [-0.25, -0.2) is 4.68 Å². The number of carbonyl (C=O) groups is 2. The first-order chi connectivity index (χ1) is 18.4. The lowest BCUT2D eigenvalue weighted by Crippen LogP contribution is -2.39. The fourth-order valence-corrected chi connectivity index (χ4v) is 5.35. The molecule has 3 aromatic rings. The van der Waals surface area contributed by atoms with Crippen molar-refractivity contribution in [1.29, 1.82) is 0 Å². The zero-order valence-corrected chi connectivity index (χ0v) is 21.7. The van der Waals surface area contributed by atoms with Crippen molar-refractivity contribution in [3.05, 3.63) is 65.5 Å². The highest BCUT2D eigenvalue weighted by atomic mass is 16.6. The average molecular weight is 517 g/mol. The Morgan fingerprint density at radius 3 is 2.37 bits per heavy atom. The van der Waals surface area contributed by atoms with Gasteiger partial charge in [0.1, 0.15) is 23.8 Å². The highest BCUT2D eigenvalue weighted by Gasteiger charge is 2.44. The van der Waals surface area contributed by atoms with Gasteiger partial charge in [-0.05, 0) is 80.9 Å². The number of rotatable bonds is 7. The van der Waals surface area contributed by atoms with Crippen LogP contribution in [-0.2, 0) is 16.0 Å². The molecule has 2 fully saturated rings. The third kappa shape index (κ3) is 4.44. The number of epoxide rings is 1. The smallest absolute Gasteiger partial charge is 0.277 e. The Balaban J connectivity index is 1.26. The van der Waals surface area contributed by atoms with E-state index in [4.69, 9.17) is 20.3 Å². The number of likely N-dealkylation sites (tertiary alicyclic amines) is 1. The molecular weight excluding hydrogens is 484 g/mol. The molecule has 6 rings (SSSR count). The second kappa shape index (κ2) is 9.86. The van der Waals surface area contributed by atoms with E-state index in [0.717, 1.165) is 60.0 Å². The van der Waals surface area contributed by atoms with E-state index in [-0.39, 0.29) is 17.9 Å². The van der Waals surface area contributed by atoms with Crippen LogP contribution < -0.4 is 20.3 Å². The predicted molar refractivity (Wildman–Crippen MR) is 143 cm³/mol. The van der Waals surface area contributed by atoms with Crippen LogP contribution in [-0.4, -0.2) is 73.1 Å². The third-order valence-electron chi connectivity index (χ3n) is 7.64. The summed E-state index contributed by atoms with van der Waals surface area (Å²) in [5.74, 6) is 0.649. The van der Waals surface area contributed by atoms with E-state index in [1.807, 2.05) is 48.5 Å². The van der Waals surface area contributed by atoms with Gasteiger partial charge in [0, 0.05) is 30.5 Å². The lowest BCUT2D eigenvalue weighted by molar-refractivity contribution is -0.119. The first kappa shape index (κ1) is 24.6. The van der Waals surface area contributed by atoms with Crippen LogP contribution in [0.1, 0.15) is 40.7 Å². The minimum Gasteiger partial charge on any atom is -0.497 e. The number of ether oxygens (including phenoxy) is 2. The summed E-state index contributed by atoms with van der Waals surface area (Å²) in [6, 6.07) is 15.0. The number of hydrogen-bond donors (Lipinski definition) is 1. The number of nitrogens with two attached hydrogens (primary N) is 1. The Bertz CT molecular complexity index is 1350. The van der Waals surface area contributed by atoms with Crippen LogP contribution in [0.3, 0.4) is 0 Å². The summed E-state index contributed by atoms with van der Waals surface area (Å²) in [4.78, 5) is 32.3. The molecule has 2 saturated heterocycles. The number of hydrogen-bond acceptors (Lipinski definition) is 7. The molecule has 2 N–H and O–H groups in total. The second-order valence-corrected chi connectivity index (χ2v) is 10.0. The Morgan fingerprint density at radius 2 is 1.74 bits per heavy atom. The topological polar surface area (TPSA) is 109 Å². The number of aromatic nitrogens is 2. The van der Waals surface area contributed by atoms with Gasteiger partial charge >= 0.3 is 0 Å². The average Bonchev–Trinajstić information content (AvgIpc) is 3.30. The molecule has 0 bridgehead atoms. The molecule has 0 spiro atoms. The van der Waals surface area contributed by atoms with E-state index >= 15 is 0 Å². The van der Waals surface area contributed by atoms with E-state index in [0.29, 0.717) is 25.2 Å². The first-order valence-electron chi connectivity index (χ1n) is 13.0. The van der Waals surface area contributed by atoms with E-state index in [9.17, 15) is 9.59 Å². The van der Waals surface area contributed by atoms with Gasteiger partial charge in [-0.1, -0.05) is 0 Å². The number of likely N-dealkylation sites (N-methyl/N-ethyl adjacent to an activating group) is 1. The zero-order chi connectivity index (χ0) is 26.4. The molecule has 1 aromatic heterocycles. The summed E-state index contributed by atoms with van der Waals surface area (Å²) in [5.41, 5.74) is 10.4. The molecule has 3 aliphatic rings. The van der Waals surface area contributed by atoms with E-state index in [1.54, 1.807) is 28.6 Å². The maximum Gasteiger partial charge on any atom is 0.277 e. The molecule has 10 nitrogen and oxygen atoms in total. The number of nitrogens with zero attached hydrogens (tertiary/aromatic N) is 5. The molecule has 4 heterocycles. The third-order valence-corrected chi connectivity index (χ3v) is 7.64. The second-order valence-electron chi connectivity index (χ2n) is 10.0. The van der Waals surface area contributed by atoms with Gasteiger partial charge < -0.3 is 25.0 Å². The van der Waals surface area contributed by atoms with Gasteiger partial charge in [-0.15, -0.1) is 0 Å². The largest absolute Gasteiger partial charge is 0.497 e. The van der Waals surface area contributed by atoms with Crippen LogP contribution in [0, 0.1) is 0 Å². The number of methoxy groups -OCH3 is 1. The van der Waals surface area contributed by atoms with Crippen LogP contribution in [0.15, 0.2) is 48.5 Å². The first-order valence-corrected chi connectivity index (χ1v) is 13.0. The van der Waals surface area contributed by atoms with Gasteiger partial charge in [0.15, 0.2) is 0 Å². The Kier molecular flexibility index (Phi) is 6.38. The fraction of sp³-hybridized carbons (Fsp3) is 0.393. The maximum atomic E-state index is 13.9. The summed E-state index contributed by atoms with van der Waals surface area (Å²) in [6.07, 6.45) is 2.24. The molecular formula is C28H32N6O4. The van der Waals surface area contributed by atoms with Gasteiger partial charge in [-0.2, -0.15) is 5.10 Å². The minimum absolute atomic E-state index is 0.0646. The van der Waals surface area contributed by atoms with Crippen LogP contribution >= 0.6 is 0 Å². The summed E-state index contributed by atoms with van der Waals surface area (Å²) in [7, 11) is 3.41. The summed E-state index contributed by atoms with van der Waals surface area (Å²) >= 11 is 0. The number of anilines is 2. The number of benzene rings is 2. The molecule has 0 aliphatic carbocycles. The normalized spacial score (nSPS) is 20.9. The van der Waals surface area contributed by atoms with Gasteiger partial charge in [-0.3, -0.25) is 14.5 Å². The molecule has 0 radical (unpaired) electrons. The SMILES string of the molecule is COc1ccc(-n2nc(C3OC3N)c3c2C(=O)N(c2ccc(N(C)C(=O)CN4CCCC4)cc2)CC3)cc1. The predicted octanol–water partition coefficient (Wildman–Crippen LogP) is 2.50. The van der Waals surface area contributed by atoms with Crippen molar-refractivity contribution in [1.82, 2.24) is 14.7 Å². The van der Waals surface area contributed by atoms with Crippen molar-refractivity contribution in [2.45, 2.75) is 31.6 Å². The van der Waals surface area contributed by atoms with Crippen LogP contribution in [0.4, 0.5) is 11.4 Å². The fourth-order valence-electron chi connectivity index (χ4n) is 5.35. The van der Waals surface area contributed by atoms with Crippen molar-refractivity contribution in [2.75, 3.05) is 50.1 Å². The summed E-state index contributed by atoms with van der Waals surface area (Å²) < 4.78 is 12.5. The lowest BCUT2D eigenvalue weighted by Gasteiger charge is -2.28. The van der Waals surface area contributed by atoms with Crippen LogP contribution in [0.2, 0.25) is 0 Å². The number of carbonyl (C=O) groups excluding carboxylic acids is 2. The van der Waals surface area contributed by atoms with Crippen LogP contribution in [0.25, 0.3) is 5.69 Å². The van der Waals surface area contributed by atoms with Crippen LogP contribution in [0.5, 0.6) is 5.75 Å². The maximum absolute atomic E-state index is 13.9. The molecule has 38 heavy (non-hydrogen) atoms. The molecule has 10 heteroatoms. The lowest BCUT2D eigenvalue weighted by atomic mass is 10.0. The molecule has 2 amide bonds. The van der Waals surface area contributed by atoms with Crippen molar-refractivity contribution in [2.24, 2.45) is 5.73 Å². The standard InChI is InChI=1S/C28H32N6O4/c1-31(23(35)17-32-14-3-4-15-32)18-5-7-19(8-6-18)33-16-13-22-24(26-27(29)38-26)30-34(25(22)28(33)36)20-9-11-21(37-2)12-10-20/h5-12,26-27H,3-4,13-17,29H2,1-2H3. The van der Waals surface area contributed by atoms with Gasteiger partial charge in [0.05, 0.1) is 25.0 Å². The minimum atomic E-state index is -0.399. The Hall–Kier alpha value is -3.73. The monoisotopic (exact) mass is 516 g/mol. The Morgan fingerprint density at radius 1 is 1.08 bits per heavy atom. The molecule has 0 saturated carbocycles. The highest BCUT2D eigenvalue weighted by Crippen LogP contribution is 2.40. The van der Waals surface area contributed by atoms with E-state index in [1.165, 1.54) is 0 Å².